The lowest BCUT2D eigenvalue weighted by molar-refractivity contribution is -0.159. The molecule has 1 fully saturated rings. The molecule has 2 aromatic rings. The van der Waals surface area contributed by atoms with Crippen molar-refractivity contribution in [2.45, 2.75) is 25.8 Å². The minimum absolute atomic E-state index is 0.165. The fourth-order valence-corrected chi connectivity index (χ4v) is 3.47. The number of aromatic nitrogens is 2. The molecule has 12 nitrogen and oxygen atoms in total. The van der Waals surface area contributed by atoms with Gasteiger partial charge in [-0.3, -0.25) is 0 Å². The smallest absolute Gasteiger partial charge is 0.414 e. The third-order valence-electron chi connectivity index (χ3n) is 5.20. The van der Waals surface area contributed by atoms with Gasteiger partial charge in [-0.15, -0.1) is 5.10 Å². The van der Waals surface area contributed by atoms with Crippen LogP contribution in [0.1, 0.15) is 19.8 Å². The Balaban J connectivity index is 0.000000569. The van der Waals surface area contributed by atoms with Crippen LogP contribution in [0, 0.1) is 0 Å². The summed E-state index contributed by atoms with van der Waals surface area (Å²) < 4.78 is 15.9. The predicted octanol–water partition coefficient (Wildman–Crippen LogP) is 1.86. The third kappa shape index (κ3) is 6.34. The van der Waals surface area contributed by atoms with Crippen LogP contribution in [0.5, 0.6) is 11.5 Å². The molecular weight excluding hydrogens is 436 g/mol. The molecule has 0 spiro atoms. The highest BCUT2D eigenvalue weighted by atomic mass is 16.6. The zero-order chi connectivity index (χ0) is 24.5. The molecule has 1 aromatic heterocycles. The van der Waals surface area contributed by atoms with Crippen LogP contribution in [-0.4, -0.2) is 90.3 Å². The first-order valence-corrected chi connectivity index (χ1v) is 10.2. The van der Waals surface area contributed by atoms with Gasteiger partial charge in [-0.05, 0) is 31.9 Å². The molecule has 2 N–H and O–H groups in total. The van der Waals surface area contributed by atoms with Gasteiger partial charge < -0.3 is 34.2 Å². The Morgan fingerprint density at radius 2 is 1.67 bits per heavy atom. The van der Waals surface area contributed by atoms with Gasteiger partial charge in [0, 0.05) is 37.0 Å². The number of anilines is 1. The second kappa shape index (κ2) is 11.7. The molecule has 0 atom stereocenters. The molecule has 0 aliphatic carbocycles. The predicted molar refractivity (Wildman–Crippen MR) is 118 cm³/mol. The van der Waals surface area contributed by atoms with Crippen molar-refractivity contribution in [2.75, 3.05) is 45.9 Å². The second-order valence-electron chi connectivity index (χ2n) is 7.10. The number of benzene rings is 1. The average Bonchev–Trinajstić information content (AvgIpc) is 2.82. The minimum Gasteiger partial charge on any atom is -0.493 e. The van der Waals surface area contributed by atoms with E-state index in [1.54, 1.807) is 32.4 Å². The van der Waals surface area contributed by atoms with Crippen LogP contribution in [0.2, 0.25) is 0 Å². The van der Waals surface area contributed by atoms with Crippen molar-refractivity contribution in [1.29, 1.82) is 0 Å². The first-order chi connectivity index (χ1) is 15.7. The number of amides is 1. The van der Waals surface area contributed by atoms with E-state index in [1.807, 2.05) is 19.1 Å². The fraction of sp³-hybridized carbons (Fsp3) is 0.476. The molecule has 12 heteroatoms. The van der Waals surface area contributed by atoms with Gasteiger partial charge in [0.05, 0.1) is 27.0 Å². The van der Waals surface area contributed by atoms with Crippen LogP contribution >= 0.6 is 0 Å². The number of aliphatic carboxylic acids is 2. The van der Waals surface area contributed by atoms with Gasteiger partial charge in [0.15, 0.2) is 17.3 Å². The van der Waals surface area contributed by atoms with Crippen molar-refractivity contribution in [2.24, 2.45) is 0 Å². The van der Waals surface area contributed by atoms with Crippen LogP contribution in [-0.2, 0) is 14.3 Å². The molecule has 180 valence electrons. The van der Waals surface area contributed by atoms with Crippen molar-refractivity contribution >= 4 is 34.6 Å². The third-order valence-corrected chi connectivity index (χ3v) is 5.20. The van der Waals surface area contributed by atoms with Crippen molar-refractivity contribution in [3.63, 3.8) is 0 Å². The van der Waals surface area contributed by atoms with E-state index in [0.717, 1.165) is 42.5 Å². The maximum absolute atomic E-state index is 11.9. The Kier molecular flexibility index (Phi) is 9.01. The standard InChI is InChI=1S/C19H26N4O4.C2H2O4/c1-5-27-19(24)22(2)14-6-8-23(9-7-14)18-15-11-17(26-4)16(25-3)10-13(15)12-20-21-18;3-1(4)2(5)6/h10-12,14H,5-9H2,1-4H3;(H,3,4)(H,5,6). The van der Waals surface area contributed by atoms with E-state index in [2.05, 4.69) is 15.1 Å². The van der Waals surface area contributed by atoms with Crippen molar-refractivity contribution in [3.8, 4) is 11.5 Å². The molecule has 1 aromatic carbocycles. The molecule has 3 rings (SSSR count). The normalized spacial score (nSPS) is 13.5. The largest absolute Gasteiger partial charge is 0.493 e. The molecule has 0 unspecified atom stereocenters. The summed E-state index contributed by atoms with van der Waals surface area (Å²) in [5.41, 5.74) is 0. The summed E-state index contributed by atoms with van der Waals surface area (Å²) in [7, 11) is 5.03. The van der Waals surface area contributed by atoms with Gasteiger partial charge in [0.2, 0.25) is 0 Å². The van der Waals surface area contributed by atoms with Gasteiger partial charge in [0.1, 0.15) is 0 Å². The number of fused-ring (bicyclic) bond motifs is 1. The van der Waals surface area contributed by atoms with E-state index in [1.165, 1.54) is 0 Å². The zero-order valence-corrected chi connectivity index (χ0v) is 19.0. The Bertz CT molecular complexity index is 980. The van der Waals surface area contributed by atoms with Gasteiger partial charge in [0.25, 0.3) is 0 Å². The van der Waals surface area contributed by atoms with E-state index >= 15 is 0 Å². The highest BCUT2D eigenvalue weighted by molar-refractivity contribution is 6.27. The van der Waals surface area contributed by atoms with Crippen LogP contribution in [0.25, 0.3) is 10.8 Å². The molecule has 1 aliphatic heterocycles. The van der Waals surface area contributed by atoms with Gasteiger partial charge in [-0.25, -0.2) is 14.4 Å². The Hall–Kier alpha value is -3.83. The number of rotatable bonds is 5. The molecular formula is C21H28N4O8. The number of hydrogen-bond acceptors (Lipinski definition) is 9. The maximum atomic E-state index is 11.9. The lowest BCUT2D eigenvalue weighted by Gasteiger charge is -2.36. The van der Waals surface area contributed by atoms with Gasteiger partial charge >= 0.3 is 18.0 Å². The van der Waals surface area contributed by atoms with E-state index in [0.29, 0.717) is 18.1 Å². The monoisotopic (exact) mass is 464 g/mol. The number of carboxylic acids is 2. The SMILES string of the molecule is CCOC(=O)N(C)C1CCN(c2nncc3cc(OC)c(OC)cc23)CC1.O=C(O)C(=O)O. The average molecular weight is 464 g/mol. The molecule has 1 amide bonds. The summed E-state index contributed by atoms with van der Waals surface area (Å²) in [5, 5.41) is 25.2. The molecule has 33 heavy (non-hydrogen) atoms. The summed E-state index contributed by atoms with van der Waals surface area (Å²) in [6.45, 7) is 3.78. The topological polar surface area (TPSA) is 152 Å². The molecule has 1 saturated heterocycles. The van der Waals surface area contributed by atoms with Crippen molar-refractivity contribution in [3.05, 3.63) is 18.3 Å². The van der Waals surface area contributed by atoms with E-state index < -0.39 is 11.9 Å². The summed E-state index contributed by atoms with van der Waals surface area (Å²) in [4.78, 5) is 34.0. The van der Waals surface area contributed by atoms with Crippen molar-refractivity contribution < 1.29 is 38.8 Å². The number of methoxy groups -OCH3 is 2. The van der Waals surface area contributed by atoms with Crippen LogP contribution < -0.4 is 14.4 Å². The van der Waals surface area contributed by atoms with Crippen LogP contribution in [0.4, 0.5) is 10.6 Å². The molecule has 0 saturated carbocycles. The minimum atomic E-state index is -1.82. The second-order valence-corrected chi connectivity index (χ2v) is 7.10. The summed E-state index contributed by atoms with van der Waals surface area (Å²) >= 11 is 0. The Labute approximate surface area is 190 Å². The Morgan fingerprint density at radius 3 is 2.18 bits per heavy atom. The Morgan fingerprint density at radius 1 is 1.09 bits per heavy atom. The molecule has 2 heterocycles. The number of piperidine rings is 1. The van der Waals surface area contributed by atoms with Crippen LogP contribution in [0.3, 0.4) is 0 Å². The molecule has 1 aliphatic rings. The van der Waals surface area contributed by atoms with Crippen molar-refractivity contribution in [1.82, 2.24) is 15.1 Å². The van der Waals surface area contributed by atoms with E-state index in [9.17, 15) is 4.79 Å². The number of nitrogens with zero attached hydrogens (tertiary/aromatic N) is 4. The summed E-state index contributed by atoms with van der Waals surface area (Å²) in [5.74, 6) is -1.49. The van der Waals surface area contributed by atoms with Gasteiger partial charge in [-0.2, -0.15) is 5.10 Å². The first-order valence-electron chi connectivity index (χ1n) is 10.2. The summed E-state index contributed by atoms with van der Waals surface area (Å²) in [6.07, 6.45) is 3.15. The van der Waals surface area contributed by atoms with Gasteiger partial charge in [-0.1, -0.05) is 0 Å². The number of carbonyl (C=O) groups excluding carboxylic acids is 1. The highest BCUT2D eigenvalue weighted by Crippen LogP contribution is 2.36. The first kappa shape index (κ1) is 25.4. The number of ether oxygens (including phenoxy) is 3. The van der Waals surface area contributed by atoms with Crippen LogP contribution in [0.15, 0.2) is 18.3 Å². The number of carbonyl (C=O) groups is 3. The zero-order valence-electron chi connectivity index (χ0n) is 19.0. The maximum Gasteiger partial charge on any atom is 0.414 e. The fourth-order valence-electron chi connectivity index (χ4n) is 3.47. The quantitative estimate of drug-likeness (QED) is 0.624. The number of carboxylic acid groups (broad SMARTS) is 2. The molecule has 0 radical (unpaired) electrons. The summed E-state index contributed by atoms with van der Waals surface area (Å²) in [6, 6.07) is 4.01. The van der Waals surface area contributed by atoms with E-state index in [-0.39, 0.29) is 12.1 Å². The lowest BCUT2D eigenvalue weighted by Crippen LogP contribution is -2.46. The van der Waals surface area contributed by atoms with E-state index in [4.69, 9.17) is 34.0 Å². The highest BCUT2D eigenvalue weighted by Gasteiger charge is 2.27. The molecule has 0 bridgehead atoms. The number of hydrogen-bond donors (Lipinski definition) is 2. The lowest BCUT2D eigenvalue weighted by atomic mass is 10.0.